The Labute approximate surface area is 159 Å². The molecule has 1 aromatic heterocycles. The highest BCUT2D eigenvalue weighted by molar-refractivity contribution is 7.99. The van der Waals surface area contributed by atoms with E-state index in [0.717, 1.165) is 51.9 Å². The van der Waals surface area contributed by atoms with Gasteiger partial charge in [0.05, 0.1) is 12.2 Å². The van der Waals surface area contributed by atoms with E-state index in [2.05, 4.69) is 27.0 Å². The molecule has 0 radical (unpaired) electrons. The Balaban J connectivity index is 1.31. The minimum Gasteiger partial charge on any atom is -0.335 e. The normalized spacial score (nSPS) is 29.0. The van der Waals surface area contributed by atoms with Crippen molar-refractivity contribution in [2.45, 2.75) is 56.7 Å². The number of amides is 1. The quantitative estimate of drug-likeness (QED) is 0.856. The van der Waals surface area contributed by atoms with E-state index < -0.39 is 0 Å². The van der Waals surface area contributed by atoms with Gasteiger partial charge in [0, 0.05) is 38.3 Å². The molecule has 0 unspecified atom stereocenters. The molecule has 144 valence electrons. The van der Waals surface area contributed by atoms with E-state index in [9.17, 15) is 4.79 Å². The smallest absolute Gasteiger partial charge is 0.276 e. The topological polar surface area (TPSA) is 80.3 Å². The second-order valence-electron chi connectivity index (χ2n) is 7.82. The monoisotopic (exact) mass is 378 g/mol. The second-order valence-corrected chi connectivity index (χ2v) is 9.05. The van der Waals surface area contributed by atoms with Crippen LogP contribution in [0, 0.1) is 0 Å². The molecule has 3 aliphatic rings. The maximum atomic E-state index is 12.8. The highest BCUT2D eigenvalue weighted by Crippen LogP contribution is 2.27. The van der Waals surface area contributed by atoms with Crippen molar-refractivity contribution in [1.29, 1.82) is 0 Å². The van der Waals surface area contributed by atoms with Crippen LogP contribution < -0.4 is 5.73 Å². The Morgan fingerprint density at radius 1 is 1.00 bits per heavy atom. The van der Waals surface area contributed by atoms with Crippen molar-refractivity contribution in [3.63, 3.8) is 0 Å². The lowest BCUT2D eigenvalue weighted by Crippen LogP contribution is -2.52. The molecule has 1 aliphatic carbocycles. The average Bonchev–Trinajstić information content (AvgIpc) is 3.19. The van der Waals surface area contributed by atoms with Gasteiger partial charge >= 0.3 is 0 Å². The first kappa shape index (κ1) is 18.3. The number of hydrogen-bond acceptors (Lipinski definition) is 6. The fourth-order valence-electron chi connectivity index (χ4n) is 4.42. The summed E-state index contributed by atoms with van der Waals surface area (Å²) in [6.45, 7) is 3.56. The van der Waals surface area contributed by atoms with Crippen LogP contribution in [0.2, 0.25) is 0 Å². The number of carbonyl (C=O) groups excluding carboxylic acids is 1. The fraction of sp³-hybridized carbons (Fsp3) is 0.833. The number of rotatable bonds is 3. The summed E-state index contributed by atoms with van der Waals surface area (Å²) in [5.41, 5.74) is 6.47. The Morgan fingerprint density at radius 2 is 1.69 bits per heavy atom. The maximum Gasteiger partial charge on any atom is 0.276 e. The molecular weight excluding hydrogens is 348 g/mol. The number of hydrogen-bond donors (Lipinski definition) is 1. The summed E-state index contributed by atoms with van der Waals surface area (Å²) in [6.07, 6.45) is 8.52. The molecule has 1 aromatic rings. The van der Waals surface area contributed by atoms with Gasteiger partial charge in [-0.3, -0.25) is 9.69 Å². The van der Waals surface area contributed by atoms with Gasteiger partial charge in [0.25, 0.3) is 5.91 Å². The summed E-state index contributed by atoms with van der Waals surface area (Å²) in [7, 11) is 0. The minimum atomic E-state index is 0.0302. The first-order valence-corrected chi connectivity index (χ1v) is 11.1. The highest BCUT2D eigenvalue weighted by atomic mass is 32.2. The molecule has 2 saturated heterocycles. The van der Waals surface area contributed by atoms with Crippen LogP contribution in [0.1, 0.15) is 55.1 Å². The lowest BCUT2D eigenvalue weighted by atomic mass is 9.92. The van der Waals surface area contributed by atoms with Gasteiger partial charge in [-0.2, -0.15) is 11.8 Å². The third-order valence-electron chi connectivity index (χ3n) is 6.15. The van der Waals surface area contributed by atoms with Gasteiger partial charge in [-0.05, 0) is 50.0 Å². The minimum absolute atomic E-state index is 0.0302. The van der Waals surface area contributed by atoms with Gasteiger partial charge in [-0.1, -0.05) is 5.21 Å². The molecule has 1 amide bonds. The predicted molar refractivity (Wildman–Crippen MR) is 103 cm³/mol. The van der Waals surface area contributed by atoms with E-state index in [-0.39, 0.29) is 5.91 Å². The average molecular weight is 379 g/mol. The third-order valence-corrected chi connectivity index (χ3v) is 7.20. The zero-order valence-electron chi connectivity index (χ0n) is 15.4. The van der Waals surface area contributed by atoms with E-state index in [0.29, 0.717) is 23.8 Å². The van der Waals surface area contributed by atoms with Gasteiger partial charge in [0.15, 0.2) is 5.69 Å². The van der Waals surface area contributed by atoms with Gasteiger partial charge < -0.3 is 10.6 Å². The Morgan fingerprint density at radius 3 is 2.38 bits per heavy atom. The number of thioether (sulfide) groups is 1. The Hall–Kier alpha value is -1.12. The van der Waals surface area contributed by atoms with Crippen molar-refractivity contribution in [2.24, 2.45) is 5.73 Å². The van der Waals surface area contributed by atoms with E-state index in [1.54, 1.807) is 0 Å². The van der Waals surface area contributed by atoms with Gasteiger partial charge in [-0.25, -0.2) is 4.68 Å². The SMILES string of the molecule is NC1CCC(n2cc(C(=O)N3CCN(C4CCSCC4)CC3)nn2)CC1. The van der Waals surface area contributed by atoms with Gasteiger partial charge in [0.2, 0.25) is 0 Å². The van der Waals surface area contributed by atoms with E-state index in [4.69, 9.17) is 5.73 Å². The molecule has 2 N–H and O–H groups in total. The molecule has 0 atom stereocenters. The summed E-state index contributed by atoms with van der Waals surface area (Å²) >= 11 is 2.06. The van der Waals surface area contributed by atoms with Crippen molar-refractivity contribution in [3.05, 3.63) is 11.9 Å². The van der Waals surface area contributed by atoms with Crippen LogP contribution in [0.25, 0.3) is 0 Å². The van der Waals surface area contributed by atoms with Crippen molar-refractivity contribution < 1.29 is 4.79 Å². The van der Waals surface area contributed by atoms with E-state index in [1.165, 1.54) is 24.3 Å². The van der Waals surface area contributed by atoms with Crippen molar-refractivity contribution in [2.75, 3.05) is 37.7 Å². The largest absolute Gasteiger partial charge is 0.335 e. The van der Waals surface area contributed by atoms with E-state index >= 15 is 0 Å². The molecule has 0 aromatic carbocycles. The molecule has 7 nitrogen and oxygen atoms in total. The number of nitrogens with zero attached hydrogens (tertiary/aromatic N) is 5. The predicted octanol–water partition coefficient (Wildman–Crippen LogP) is 1.37. The van der Waals surface area contributed by atoms with E-state index in [1.807, 2.05) is 15.8 Å². The summed E-state index contributed by atoms with van der Waals surface area (Å²) in [6, 6.07) is 1.37. The Kier molecular flexibility index (Phi) is 5.81. The van der Waals surface area contributed by atoms with Crippen LogP contribution >= 0.6 is 11.8 Å². The lowest BCUT2D eigenvalue weighted by molar-refractivity contribution is 0.0554. The van der Waals surface area contributed by atoms with Crippen LogP contribution in [0.4, 0.5) is 0 Å². The molecular formula is C18H30N6OS. The summed E-state index contributed by atoms with van der Waals surface area (Å²) in [4.78, 5) is 17.3. The molecule has 0 spiro atoms. The van der Waals surface area contributed by atoms with Crippen LogP contribution in [0.3, 0.4) is 0 Å². The van der Waals surface area contributed by atoms with Crippen molar-refractivity contribution in [3.8, 4) is 0 Å². The molecule has 8 heteroatoms. The van der Waals surface area contributed by atoms with Crippen molar-refractivity contribution >= 4 is 17.7 Å². The molecule has 26 heavy (non-hydrogen) atoms. The van der Waals surface area contributed by atoms with Crippen molar-refractivity contribution in [1.82, 2.24) is 24.8 Å². The molecule has 4 rings (SSSR count). The molecule has 3 heterocycles. The second kappa shape index (κ2) is 8.27. The fourth-order valence-corrected chi connectivity index (χ4v) is 5.50. The zero-order chi connectivity index (χ0) is 17.9. The first-order chi connectivity index (χ1) is 12.7. The third kappa shape index (κ3) is 4.07. The number of nitrogens with two attached hydrogens (primary N) is 1. The molecule has 3 fully saturated rings. The number of piperazine rings is 1. The standard InChI is InChI=1S/C18H30N6OS/c19-14-1-3-16(4-2-14)24-13-17(20-21-24)18(25)23-9-7-22(8-10-23)15-5-11-26-12-6-15/h13-16H,1-12,19H2. The van der Waals surface area contributed by atoms with Crippen LogP contribution in [0.15, 0.2) is 6.20 Å². The molecule has 1 saturated carbocycles. The van der Waals surface area contributed by atoms with Crippen LogP contribution in [-0.4, -0.2) is 80.5 Å². The van der Waals surface area contributed by atoms with Gasteiger partial charge in [0.1, 0.15) is 0 Å². The zero-order valence-corrected chi connectivity index (χ0v) is 16.2. The van der Waals surface area contributed by atoms with Crippen LogP contribution in [-0.2, 0) is 0 Å². The summed E-state index contributed by atoms with van der Waals surface area (Å²) in [5, 5.41) is 8.40. The lowest BCUT2D eigenvalue weighted by Gasteiger charge is -2.40. The summed E-state index contributed by atoms with van der Waals surface area (Å²) < 4.78 is 1.88. The Bertz CT molecular complexity index is 601. The maximum absolute atomic E-state index is 12.8. The summed E-state index contributed by atoms with van der Waals surface area (Å²) in [5.74, 6) is 2.58. The highest BCUT2D eigenvalue weighted by Gasteiger charge is 2.29. The molecule has 0 bridgehead atoms. The number of carbonyl (C=O) groups is 1. The molecule has 2 aliphatic heterocycles. The van der Waals surface area contributed by atoms with Gasteiger partial charge in [-0.15, -0.1) is 5.10 Å². The first-order valence-electron chi connectivity index (χ1n) is 9.99. The number of aromatic nitrogens is 3. The van der Waals surface area contributed by atoms with Crippen LogP contribution in [0.5, 0.6) is 0 Å².